The summed E-state index contributed by atoms with van der Waals surface area (Å²) in [5.74, 6) is -0.379. The van der Waals surface area contributed by atoms with Gasteiger partial charge in [-0.1, -0.05) is 15.9 Å². The average molecular weight is 372 g/mol. The number of nitrogens with one attached hydrogen (secondary N) is 1. The van der Waals surface area contributed by atoms with E-state index in [-0.39, 0.29) is 24.2 Å². The molecule has 4 nitrogen and oxygen atoms in total. The topological polar surface area (TPSA) is 55.4 Å². The van der Waals surface area contributed by atoms with Crippen LogP contribution < -0.4 is 5.32 Å². The highest BCUT2D eigenvalue weighted by molar-refractivity contribution is 9.10. The predicted molar refractivity (Wildman–Crippen MR) is 86.5 cm³/mol. The number of benzene rings is 1. The number of hydrogen-bond donors (Lipinski definition) is 1. The normalized spacial score (nSPS) is 13.9. The second-order valence-corrected chi connectivity index (χ2v) is 7.03. The van der Waals surface area contributed by atoms with E-state index in [0.29, 0.717) is 6.04 Å². The van der Waals surface area contributed by atoms with Gasteiger partial charge in [-0.15, -0.1) is 11.8 Å². The van der Waals surface area contributed by atoms with Gasteiger partial charge >= 0.3 is 5.97 Å². The van der Waals surface area contributed by atoms with E-state index in [1.807, 2.05) is 26.0 Å². The second-order valence-electron chi connectivity index (χ2n) is 5.16. The summed E-state index contributed by atoms with van der Waals surface area (Å²) in [4.78, 5) is 24.1. The van der Waals surface area contributed by atoms with Gasteiger partial charge in [-0.3, -0.25) is 9.59 Å². The molecule has 1 fully saturated rings. The molecule has 1 saturated carbocycles. The van der Waals surface area contributed by atoms with Crippen molar-refractivity contribution >= 4 is 39.6 Å². The van der Waals surface area contributed by atoms with Crippen LogP contribution in [0.4, 0.5) is 0 Å². The molecule has 0 aromatic heterocycles. The fourth-order valence-corrected chi connectivity index (χ4v) is 3.09. The Morgan fingerprint density at radius 2 is 2.05 bits per heavy atom. The molecule has 1 aromatic rings. The first-order valence-corrected chi connectivity index (χ1v) is 8.58. The molecule has 0 radical (unpaired) electrons. The number of halogens is 1. The fraction of sp³-hybridized carbons (Fsp3) is 0.467. The summed E-state index contributed by atoms with van der Waals surface area (Å²) < 4.78 is 6.03. The highest BCUT2D eigenvalue weighted by Crippen LogP contribution is 2.28. The summed E-state index contributed by atoms with van der Waals surface area (Å²) in [6.45, 7) is 3.82. The van der Waals surface area contributed by atoms with E-state index >= 15 is 0 Å². The van der Waals surface area contributed by atoms with Crippen molar-refractivity contribution in [3.8, 4) is 0 Å². The van der Waals surface area contributed by atoms with Gasteiger partial charge in [-0.2, -0.15) is 0 Å². The minimum absolute atomic E-state index is 0.186. The molecule has 1 aromatic carbocycles. The lowest BCUT2D eigenvalue weighted by molar-refractivity contribution is -0.145. The fourth-order valence-electron chi connectivity index (χ4n) is 1.73. The van der Waals surface area contributed by atoms with Gasteiger partial charge in [0, 0.05) is 15.4 Å². The van der Waals surface area contributed by atoms with Gasteiger partial charge in [0.1, 0.15) is 0 Å². The third-order valence-electron chi connectivity index (χ3n) is 3.11. The zero-order valence-corrected chi connectivity index (χ0v) is 14.5. The molecule has 0 heterocycles. The number of carbonyl (C=O) groups excluding carboxylic acids is 2. The minimum atomic E-state index is -0.370. The maximum atomic E-state index is 11.7. The van der Waals surface area contributed by atoms with Crippen LogP contribution in [0.5, 0.6) is 0 Å². The molecule has 0 atom stereocenters. The highest BCUT2D eigenvalue weighted by atomic mass is 79.9. The Kier molecular flexibility index (Phi) is 5.70. The third kappa shape index (κ3) is 5.36. The van der Waals surface area contributed by atoms with E-state index in [0.717, 1.165) is 33.3 Å². The molecule has 21 heavy (non-hydrogen) atoms. The molecule has 0 spiro atoms. The third-order valence-corrected chi connectivity index (χ3v) is 5.09. The number of ether oxygens (including phenoxy) is 1. The Morgan fingerprint density at radius 1 is 1.33 bits per heavy atom. The summed E-state index contributed by atoms with van der Waals surface area (Å²) in [5, 5.41) is 2.78. The van der Waals surface area contributed by atoms with Crippen LogP contribution >= 0.6 is 27.7 Å². The number of esters is 1. The largest absolute Gasteiger partial charge is 0.455 e. The summed E-state index contributed by atoms with van der Waals surface area (Å²) >= 11 is 4.91. The van der Waals surface area contributed by atoms with Crippen LogP contribution in [0.1, 0.15) is 24.0 Å². The quantitative estimate of drug-likeness (QED) is 0.616. The van der Waals surface area contributed by atoms with Crippen LogP contribution in [0.2, 0.25) is 0 Å². The Balaban J connectivity index is 1.75. The van der Waals surface area contributed by atoms with E-state index in [9.17, 15) is 9.59 Å². The van der Waals surface area contributed by atoms with Crippen molar-refractivity contribution < 1.29 is 14.3 Å². The van der Waals surface area contributed by atoms with Crippen LogP contribution in [-0.4, -0.2) is 30.3 Å². The van der Waals surface area contributed by atoms with Crippen molar-refractivity contribution in [3.63, 3.8) is 0 Å². The number of carbonyl (C=O) groups is 2. The van der Waals surface area contributed by atoms with Crippen molar-refractivity contribution in [2.75, 3.05) is 12.4 Å². The molecule has 0 aliphatic heterocycles. The van der Waals surface area contributed by atoms with E-state index in [1.54, 1.807) is 0 Å². The number of amides is 1. The van der Waals surface area contributed by atoms with Crippen LogP contribution in [-0.2, 0) is 14.3 Å². The van der Waals surface area contributed by atoms with Gasteiger partial charge < -0.3 is 10.1 Å². The molecule has 2 rings (SSSR count). The highest BCUT2D eigenvalue weighted by Gasteiger charge is 2.23. The molecule has 6 heteroatoms. The Labute approximate surface area is 137 Å². The molecule has 0 unspecified atom stereocenters. The first-order chi connectivity index (χ1) is 9.95. The van der Waals surface area contributed by atoms with Crippen LogP contribution in [0.3, 0.4) is 0 Å². The lowest BCUT2D eigenvalue weighted by atomic mass is 10.2. The standard InChI is InChI=1S/C15H18BrNO3S/c1-9-6-13(10(2)5-12(9)16)21-8-15(19)20-7-14(18)17-11-3-4-11/h5-6,11H,3-4,7-8H2,1-2H3,(H,17,18). The number of hydrogen-bond acceptors (Lipinski definition) is 4. The van der Waals surface area contributed by atoms with Crippen LogP contribution in [0, 0.1) is 13.8 Å². The molecule has 0 saturated heterocycles. The van der Waals surface area contributed by atoms with Gasteiger partial charge in [0.25, 0.3) is 5.91 Å². The SMILES string of the molecule is Cc1cc(SCC(=O)OCC(=O)NC2CC2)c(C)cc1Br. The molecule has 1 aliphatic rings. The van der Waals surface area contributed by atoms with Gasteiger partial charge in [-0.25, -0.2) is 0 Å². The van der Waals surface area contributed by atoms with E-state index in [1.165, 1.54) is 11.8 Å². The van der Waals surface area contributed by atoms with E-state index < -0.39 is 0 Å². The molecule has 1 amide bonds. The van der Waals surface area contributed by atoms with E-state index in [4.69, 9.17) is 4.74 Å². The molecule has 1 N–H and O–H groups in total. The Morgan fingerprint density at radius 3 is 2.71 bits per heavy atom. The molecule has 0 bridgehead atoms. The monoisotopic (exact) mass is 371 g/mol. The van der Waals surface area contributed by atoms with Gasteiger partial charge in [0.15, 0.2) is 6.61 Å². The molecular formula is C15H18BrNO3S. The van der Waals surface area contributed by atoms with Crippen molar-refractivity contribution in [1.29, 1.82) is 0 Å². The van der Waals surface area contributed by atoms with Crippen LogP contribution in [0.25, 0.3) is 0 Å². The number of rotatable bonds is 6. The zero-order valence-electron chi connectivity index (χ0n) is 12.1. The molecule has 114 valence electrons. The minimum Gasteiger partial charge on any atom is -0.455 e. The maximum Gasteiger partial charge on any atom is 0.316 e. The first kappa shape index (κ1) is 16.4. The summed E-state index contributed by atoms with van der Waals surface area (Å²) in [6.07, 6.45) is 2.05. The Bertz CT molecular complexity index is 558. The van der Waals surface area contributed by atoms with Gasteiger partial charge in [-0.05, 0) is 49.9 Å². The number of aryl methyl sites for hydroxylation is 2. The van der Waals surface area contributed by atoms with Crippen molar-refractivity contribution in [1.82, 2.24) is 5.32 Å². The second kappa shape index (κ2) is 7.31. The van der Waals surface area contributed by atoms with Crippen molar-refractivity contribution in [2.24, 2.45) is 0 Å². The van der Waals surface area contributed by atoms with Crippen LogP contribution in [0.15, 0.2) is 21.5 Å². The molecule has 1 aliphatic carbocycles. The summed E-state index contributed by atoms with van der Waals surface area (Å²) in [5.41, 5.74) is 2.23. The summed E-state index contributed by atoms with van der Waals surface area (Å²) in [6, 6.07) is 4.36. The van der Waals surface area contributed by atoms with Gasteiger partial charge in [0.2, 0.25) is 0 Å². The average Bonchev–Trinajstić information content (AvgIpc) is 3.23. The van der Waals surface area contributed by atoms with Crippen molar-refractivity contribution in [2.45, 2.75) is 37.6 Å². The predicted octanol–water partition coefficient (Wildman–Crippen LogP) is 2.98. The maximum absolute atomic E-state index is 11.7. The first-order valence-electron chi connectivity index (χ1n) is 6.80. The van der Waals surface area contributed by atoms with Crippen molar-refractivity contribution in [3.05, 3.63) is 27.7 Å². The molecular weight excluding hydrogens is 354 g/mol. The summed E-state index contributed by atoms with van der Waals surface area (Å²) in [7, 11) is 0. The lowest BCUT2D eigenvalue weighted by Gasteiger charge is -2.09. The smallest absolute Gasteiger partial charge is 0.316 e. The van der Waals surface area contributed by atoms with Gasteiger partial charge in [0.05, 0.1) is 5.75 Å². The zero-order chi connectivity index (χ0) is 15.4. The lowest BCUT2D eigenvalue weighted by Crippen LogP contribution is -2.30. The Hall–Kier alpha value is -1.01. The number of thioether (sulfide) groups is 1. The van der Waals surface area contributed by atoms with E-state index in [2.05, 4.69) is 21.2 Å².